The maximum Gasteiger partial charge on any atom is -0.00463 e. The largest absolute Gasteiger partial charge is 0.330 e. The van der Waals surface area contributed by atoms with E-state index >= 15 is 0 Å². The van der Waals surface area contributed by atoms with Crippen molar-refractivity contribution < 1.29 is 0 Å². The Morgan fingerprint density at radius 3 is 2.30 bits per heavy atom. The van der Waals surface area contributed by atoms with Crippen LogP contribution >= 0.6 is 0 Å². The number of hydrogen-bond donors (Lipinski definition) is 1. The molecule has 0 radical (unpaired) electrons. The zero-order chi connectivity index (χ0) is 7.61. The van der Waals surface area contributed by atoms with Crippen molar-refractivity contribution in [1.82, 2.24) is 0 Å². The van der Waals surface area contributed by atoms with Crippen molar-refractivity contribution in [3.8, 4) is 0 Å². The van der Waals surface area contributed by atoms with Gasteiger partial charge in [0.05, 0.1) is 0 Å². The van der Waals surface area contributed by atoms with E-state index in [2.05, 4.69) is 13.8 Å². The zero-order valence-electron chi connectivity index (χ0n) is 7.19. The monoisotopic (exact) mass is 141 g/mol. The molecule has 0 aromatic rings. The summed E-state index contributed by atoms with van der Waals surface area (Å²) < 4.78 is 0. The lowest BCUT2D eigenvalue weighted by Gasteiger charge is -2.30. The Morgan fingerprint density at radius 1 is 1.40 bits per heavy atom. The van der Waals surface area contributed by atoms with Crippen molar-refractivity contribution in [2.24, 2.45) is 17.1 Å². The summed E-state index contributed by atoms with van der Waals surface area (Å²) in [5, 5.41) is 0. The highest BCUT2D eigenvalue weighted by Gasteiger charge is 2.32. The maximum absolute atomic E-state index is 5.64. The highest BCUT2D eigenvalue weighted by Crippen LogP contribution is 2.43. The maximum atomic E-state index is 5.64. The normalized spacial score (nSPS) is 26.7. The summed E-state index contributed by atoms with van der Waals surface area (Å²) in [7, 11) is 0. The van der Waals surface area contributed by atoms with Crippen molar-refractivity contribution >= 4 is 0 Å². The second-order valence-electron chi connectivity index (χ2n) is 4.00. The van der Waals surface area contributed by atoms with Gasteiger partial charge in [-0.3, -0.25) is 0 Å². The van der Waals surface area contributed by atoms with Crippen molar-refractivity contribution in [3.05, 3.63) is 0 Å². The van der Waals surface area contributed by atoms with Crippen LogP contribution in [-0.2, 0) is 0 Å². The quantitative estimate of drug-likeness (QED) is 0.626. The number of nitrogens with two attached hydrogens (primary N) is 1. The van der Waals surface area contributed by atoms with Gasteiger partial charge in [0.15, 0.2) is 0 Å². The minimum absolute atomic E-state index is 0.578. The molecule has 0 unspecified atom stereocenters. The molecule has 2 N–H and O–H groups in total. The van der Waals surface area contributed by atoms with Crippen LogP contribution in [0.25, 0.3) is 0 Å². The van der Waals surface area contributed by atoms with Gasteiger partial charge in [-0.25, -0.2) is 0 Å². The van der Waals surface area contributed by atoms with Gasteiger partial charge in [0.2, 0.25) is 0 Å². The Hall–Kier alpha value is -0.0400. The van der Waals surface area contributed by atoms with E-state index in [-0.39, 0.29) is 0 Å². The van der Waals surface area contributed by atoms with E-state index in [1.165, 1.54) is 25.7 Å². The standard InChI is InChI=1S/C9H19N/c1-8(7-10)9(2)5-3-4-6-9/h8H,3-7,10H2,1-2H3/t8-/m0/s1. The van der Waals surface area contributed by atoms with E-state index in [9.17, 15) is 0 Å². The van der Waals surface area contributed by atoms with E-state index in [1.807, 2.05) is 0 Å². The molecule has 1 heteroatoms. The van der Waals surface area contributed by atoms with Crippen molar-refractivity contribution in [2.45, 2.75) is 39.5 Å². The Balaban J connectivity index is 2.49. The summed E-state index contributed by atoms with van der Waals surface area (Å²) in [5.74, 6) is 0.718. The van der Waals surface area contributed by atoms with Gasteiger partial charge >= 0.3 is 0 Å². The molecule has 1 saturated carbocycles. The van der Waals surface area contributed by atoms with Gasteiger partial charge in [-0.2, -0.15) is 0 Å². The van der Waals surface area contributed by atoms with Gasteiger partial charge in [-0.15, -0.1) is 0 Å². The Kier molecular flexibility index (Phi) is 2.35. The molecule has 10 heavy (non-hydrogen) atoms. The fourth-order valence-corrected chi connectivity index (χ4v) is 1.96. The van der Waals surface area contributed by atoms with Crippen LogP contribution in [0.4, 0.5) is 0 Å². The lowest BCUT2D eigenvalue weighted by Crippen LogP contribution is -2.28. The smallest absolute Gasteiger partial charge is 0.00463 e. The average molecular weight is 141 g/mol. The van der Waals surface area contributed by atoms with Crippen LogP contribution < -0.4 is 5.73 Å². The van der Waals surface area contributed by atoms with Gasteiger partial charge in [0.1, 0.15) is 0 Å². The number of rotatable bonds is 2. The first-order chi connectivity index (χ1) is 4.69. The molecule has 0 spiro atoms. The first-order valence-electron chi connectivity index (χ1n) is 4.39. The summed E-state index contributed by atoms with van der Waals surface area (Å²) in [6.45, 7) is 5.53. The Morgan fingerprint density at radius 2 is 1.90 bits per heavy atom. The van der Waals surface area contributed by atoms with Crippen LogP contribution in [0.1, 0.15) is 39.5 Å². The molecule has 0 heterocycles. The highest BCUT2D eigenvalue weighted by atomic mass is 14.6. The third-order valence-corrected chi connectivity index (χ3v) is 3.29. The Bertz CT molecular complexity index is 103. The van der Waals surface area contributed by atoms with Gasteiger partial charge in [0.25, 0.3) is 0 Å². The molecule has 1 aliphatic rings. The average Bonchev–Trinajstić information content (AvgIpc) is 2.36. The third kappa shape index (κ3) is 1.34. The first-order valence-corrected chi connectivity index (χ1v) is 4.39. The van der Waals surface area contributed by atoms with Crippen molar-refractivity contribution in [1.29, 1.82) is 0 Å². The summed E-state index contributed by atoms with van der Waals surface area (Å²) in [5.41, 5.74) is 6.22. The predicted octanol–water partition coefficient (Wildman–Crippen LogP) is 2.16. The van der Waals surface area contributed by atoms with Crippen LogP contribution in [-0.4, -0.2) is 6.54 Å². The molecule has 60 valence electrons. The third-order valence-electron chi connectivity index (χ3n) is 3.29. The summed E-state index contributed by atoms with van der Waals surface area (Å²) in [6.07, 6.45) is 5.62. The van der Waals surface area contributed by atoms with Crippen LogP contribution in [0, 0.1) is 11.3 Å². The highest BCUT2D eigenvalue weighted by molar-refractivity contribution is 4.84. The van der Waals surface area contributed by atoms with Gasteiger partial charge < -0.3 is 5.73 Å². The predicted molar refractivity (Wildman–Crippen MR) is 44.8 cm³/mol. The second-order valence-corrected chi connectivity index (χ2v) is 4.00. The van der Waals surface area contributed by atoms with Gasteiger partial charge in [0, 0.05) is 0 Å². The van der Waals surface area contributed by atoms with Crippen LogP contribution in [0.5, 0.6) is 0 Å². The molecular formula is C9H19N. The molecule has 0 aromatic heterocycles. The van der Waals surface area contributed by atoms with Crippen LogP contribution in [0.2, 0.25) is 0 Å². The number of hydrogen-bond acceptors (Lipinski definition) is 1. The Labute approximate surface area is 64.0 Å². The van der Waals surface area contributed by atoms with E-state index < -0.39 is 0 Å². The molecule has 1 atom stereocenters. The second kappa shape index (κ2) is 2.91. The molecule has 0 amide bonds. The first kappa shape index (κ1) is 8.06. The molecule has 0 aliphatic heterocycles. The molecule has 1 rings (SSSR count). The van der Waals surface area contributed by atoms with Gasteiger partial charge in [-0.05, 0) is 30.7 Å². The summed E-state index contributed by atoms with van der Waals surface area (Å²) in [6, 6.07) is 0. The molecule has 0 bridgehead atoms. The van der Waals surface area contributed by atoms with E-state index in [0.717, 1.165) is 12.5 Å². The van der Waals surface area contributed by atoms with Gasteiger partial charge in [-0.1, -0.05) is 26.7 Å². The van der Waals surface area contributed by atoms with E-state index in [0.29, 0.717) is 5.41 Å². The van der Waals surface area contributed by atoms with Crippen molar-refractivity contribution in [3.63, 3.8) is 0 Å². The molecular weight excluding hydrogens is 122 g/mol. The topological polar surface area (TPSA) is 26.0 Å². The fourth-order valence-electron chi connectivity index (χ4n) is 1.96. The molecule has 1 fully saturated rings. The minimum atomic E-state index is 0.578. The SMILES string of the molecule is C[C@@H](CN)C1(C)CCCC1. The molecule has 0 saturated heterocycles. The van der Waals surface area contributed by atoms with Crippen LogP contribution in [0.15, 0.2) is 0 Å². The van der Waals surface area contributed by atoms with E-state index in [1.54, 1.807) is 0 Å². The molecule has 1 nitrogen and oxygen atoms in total. The van der Waals surface area contributed by atoms with Crippen molar-refractivity contribution in [2.75, 3.05) is 6.54 Å². The fraction of sp³-hybridized carbons (Fsp3) is 1.00. The summed E-state index contributed by atoms with van der Waals surface area (Å²) in [4.78, 5) is 0. The van der Waals surface area contributed by atoms with E-state index in [4.69, 9.17) is 5.73 Å². The lowest BCUT2D eigenvalue weighted by atomic mass is 9.77. The minimum Gasteiger partial charge on any atom is -0.330 e. The van der Waals surface area contributed by atoms with Crippen LogP contribution in [0.3, 0.4) is 0 Å². The molecule has 1 aliphatic carbocycles. The summed E-state index contributed by atoms with van der Waals surface area (Å²) >= 11 is 0. The molecule has 0 aromatic carbocycles. The zero-order valence-corrected chi connectivity index (χ0v) is 7.19. The lowest BCUT2D eigenvalue weighted by molar-refractivity contribution is 0.216.